The minimum Gasteiger partial charge on any atom is -0.478 e. The number of pyridine rings is 1. The van der Waals surface area contributed by atoms with Crippen LogP contribution >= 0.6 is 0 Å². The molecule has 0 aromatic carbocycles. The Morgan fingerprint density at radius 1 is 1.57 bits per heavy atom. The van der Waals surface area contributed by atoms with Gasteiger partial charge in [0.25, 0.3) is 0 Å². The van der Waals surface area contributed by atoms with E-state index in [4.69, 9.17) is 4.74 Å². The van der Waals surface area contributed by atoms with Crippen LogP contribution in [0.15, 0.2) is 12.4 Å². The number of hydrogen-bond acceptors (Lipinski definition) is 5. The van der Waals surface area contributed by atoms with Crippen molar-refractivity contribution in [3.63, 3.8) is 0 Å². The Morgan fingerprint density at radius 2 is 2.38 bits per heavy atom. The van der Waals surface area contributed by atoms with Gasteiger partial charge in [-0.25, -0.2) is 9.78 Å². The van der Waals surface area contributed by atoms with E-state index in [-0.39, 0.29) is 11.7 Å². The van der Waals surface area contributed by atoms with E-state index in [1.165, 1.54) is 6.20 Å². The number of nitrogens with zero attached hydrogens (tertiary/aromatic N) is 3. The number of anilines is 1. The molecule has 2 aromatic rings. The summed E-state index contributed by atoms with van der Waals surface area (Å²) in [6, 6.07) is 0. The predicted octanol–water partition coefficient (Wildman–Crippen LogP) is 1.50. The smallest absolute Gasteiger partial charge is 0.339 e. The molecule has 0 bridgehead atoms. The van der Waals surface area contributed by atoms with E-state index in [9.17, 15) is 9.90 Å². The van der Waals surface area contributed by atoms with Gasteiger partial charge in [-0.15, -0.1) is 0 Å². The number of rotatable bonds is 4. The Labute approximate surface area is 121 Å². The van der Waals surface area contributed by atoms with Gasteiger partial charge < -0.3 is 15.2 Å². The minimum atomic E-state index is -0.994. The highest BCUT2D eigenvalue weighted by Gasteiger charge is 2.25. The molecule has 7 heteroatoms. The third-order valence-corrected chi connectivity index (χ3v) is 4.07. The lowest BCUT2D eigenvalue weighted by molar-refractivity contribution is 0.0697. The van der Waals surface area contributed by atoms with Crippen LogP contribution in [0.5, 0.6) is 0 Å². The van der Waals surface area contributed by atoms with Crippen molar-refractivity contribution < 1.29 is 14.6 Å². The molecule has 21 heavy (non-hydrogen) atoms. The molecule has 0 saturated carbocycles. The van der Waals surface area contributed by atoms with E-state index in [1.54, 1.807) is 17.9 Å². The summed E-state index contributed by atoms with van der Waals surface area (Å²) in [6.07, 6.45) is 4.20. The molecule has 112 valence electrons. The second-order valence-corrected chi connectivity index (χ2v) is 5.36. The van der Waals surface area contributed by atoms with E-state index in [0.717, 1.165) is 18.4 Å². The number of carbonyl (C=O) groups is 1. The summed E-state index contributed by atoms with van der Waals surface area (Å²) in [4.78, 5) is 15.6. The lowest BCUT2D eigenvalue weighted by Gasteiger charge is -2.17. The highest BCUT2D eigenvalue weighted by atomic mass is 16.5. The number of hydrogen-bond donors (Lipinski definition) is 2. The van der Waals surface area contributed by atoms with Crippen molar-refractivity contribution in [3.05, 3.63) is 18.0 Å². The van der Waals surface area contributed by atoms with Crippen LogP contribution < -0.4 is 5.32 Å². The summed E-state index contributed by atoms with van der Waals surface area (Å²) in [5, 5.41) is 17.5. The maximum absolute atomic E-state index is 11.4. The van der Waals surface area contributed by atoms with E-state index in [1.807, 2.05) is 6.92 Å². The quantitative estimate of drug-likeness (QED) is 0.887. The number of fused-ring (bicyclic) bond motifs is 1. The Bertz CT molecular complexity index is 682. The van der Waals surface area contributed by atoms with Gasteiger partial charge >= 0.3 is 5.97 Å². The molecule has 3 rings (SSSR count). The van der Waals surface area contributed by atoms with E-state index in [2.05, 4.69) is 15.4 Å². The van der Waals surface area contributed by atoms with Gasteiger partial charge in [-0.1, -0.05) is 0 Å². The van der Waals surface area contributed by atoms with Crippen molar-refractivity contribution in [1.82, 2.24) is 14.8 Å². The molecule has 1 aliphatic rings. The molecule has 3 heterocycles. The van der Waals surface area contributed by atoms with E-state index in [0.29, 0.717) is 23.8 Å². The Morgan fingerprint density at radius 3 is 3.05 bits per heavy atom. The summed E-state index contributed by atoms with van der Waals surface area (Å²) in [5.74, 6) is -0.613. The molecule has 2 N–H and O–H groups in total. The fourth-order valence-electron chi connectivity index (χ4n) is 2.73. The first kappa shape index (κ1) is 13.8. The first-order valence-electron chi connectivity index (χ1n) is 6.97. The highest BCUT2D eigenvalue weighted by Crippen LogP contribution is 2.27. The van der Waals surface area contributed by atoms with E-state index < -0.39 is 5.97 Å². The van der Waals surface area contributed by atoms with Crippen molar-refractivity contribution in [2.75, 3.05) is 18.5 Å². The maximum atomic E-state index is 11.4. The molecular formula is C14H18N4O3. The van der Waals surface area contributed by atoms with Crippen LogP contribution in [0.25, 0.3) is 11.0 Å². The SMILES string of the molecule is CC1OCCC1CNc1c(C(=O)O)cnc2c1cnn2C. The lowest BCUT2D eigenvalue weighted by atomic mass is 10.0. The van der Waals surface area contributed by atoms with Gasteiger partial charge in [-0.2, -0.15) is 5.10 Å². The zero-order valence-electron chi connectivity index (χ0n) is 12.0. The molecule has 0 amide bonds. The maximum Gasteiger partial charge on any atom is 0.339 e. The predicted molar refractivity (Wildman–Crippen MR) is 77.5 cm³/mol. The van der Waals surface area contributed by atoms with Gasteiger partial charge in [0.1, 0.15) is 5.56 Å². The molecule has 2 aromatic heterocycles. The largest absolute Gasteiger partial charge is 0.478 e. The Hall–Kier alpha value is -2.15. The molecular weight excluding hydrogens is 272 g/mol. The van der Waals surface area contributed by atoms with Crippen LogP contribution in [0.3, 0.4) is 0 Å². The second kappa shape index (κ2) is 5.33. The number of carboxylic acid groups (broad SMARTS) is 1. The number of aromatic nitrogens is 3. The van der Waals surface area contributed by atoms with Crippen LogP contribution in [0.4, 0.5) is 5.69 Å². The summed E-state index contributed by atoms with van der Waals surface area (Å²) < 4.78 is 7.17. The molecule has 0 radical (unpaired) electrons. The third-order valence-electron chi connectivity index (χ3n) is 4.07. The zero-order valence-corrected chi connectivity index (χ0v) is 12.0. The Balaban J connectivity index is 1.94. The van der Waals surface area contributed by atoms with Crippen molar-refractivity contribution >= 4 is 22.7 Å². The van der Waals surface area contributed by atoms with Crippen molar-refractivity contribution in [2.24, 2.45) is 13.0 Å². The summed E-state index contributed by atoms with van der Waals surface area (Å²) in [7, 11) is 1.78. The molecule has 1 aliphatic heterocycles. The monoisotopic (exact) mass is 290 g/mol. The van der Waals surface area contributed by atoms with Gasteiger partial charge in [-0.05, 0) is 13.3 Å². The molecule has 2 atom stereocenters. The third kappa shape index (κ3) is 2.44. The standard InChI is InChI=1S/C14H18N4O3/c1-8-9(3-4-21-8)5-15-12-10-7-17-18(2)13(10)16-6-11(12)14(19)20/h6-9H,3-5H2,1-2H3,(H,15,16)(H,19,20). The van der Waals surface area contributed by atoms with Crippen molar-refractivity contribution in [3.8, 4) is 0 Å². The van der Waals surface area contributed by atoms with Crippen LogP contribution in [-0.2, 0) is 11.8 Å². The number of carboxylic acids is 1. The number of aromatic carboxylic acids is 1. The summed E-state index contributed by atoms with van der Waals surface area (Å²) in [6.45, 7) is 3.48. The number of ether oxygens (including phenoxy) is 1. The van der Waals surface area contributed by atoms with Crippen LogP contribution in [0, 0.1) is 5.92 Å². The highest BCUT2D eigenvalue weighted by molar-refractivity contribution is 6.03. The molecule has 1 fully saturated rings. The van der Waals surface area contributed by atoms with Gasteiger partial charge in [0, 0.05) is 32.3 Å². The summed E-state index contributed by atoms with van der Waals surface area (Å²) in [5.41, 5.74) is 1.42. The fraction of sp³-hybridized carbons (Fsp3) is 0.500. The van der Waals surface area contributed by atoms with Crippen molar-refractivity contribution in [2.45, 2.75) is 19.4 Å². The first-order chi connectivity index (χ1) is 10.1. The van der Waals surface area contributed by atoms with Gasteiger partial charge in [0.15, 0.2) is 5.65 Å². The van der Waals surface area contributed by atoms with Crippen molar-refractivity contribution in [1.29, 1.82) is 0 Å². The summed E-state index contributed by atoms with van der Waals surface area (Å²) >= 11 is 0. The topological polar surface area (TPSA) is 89.3 Å². The average Bonchev–Trinajstić information content (AvgIpc) is 3.03. The van der Waals surface area contributed by atoms with Gasteiger partial charge in [0.05, 0.1) is 23.4 Å². The zero-order chi connectivity index (χ0) is 15.0. The average molecular weight is 290 g/mol. The van der Waals surface area contributed by atoms with Crippen LogP contribution in [0.1, 0.15) is 23.7 Å². The Kier molecular flexibility index (Phi) is 3.50. The molecule has 0 spiro atoms. The first-order valence-corrected chi connectivity index (χ1v) is 6.97. The molecule has 0 aliphatic carbocycles. The molecule has 1 saturated heterocycles. The minimum absolute atomic E-state index is 0.169. The number of nitrogens with one attached hydrogen (secondary N) is 1. The van der Waals surface area contributed by atoms with Crippen LogP contribution in [0.2, 0.25) is 0 Å². The van der Waals surface area contributed by atoms with Crippen LogP contribution in [-0.4, -0.2) is 45.1 Å². The fourth-order valence-corrected chi connectivity index (χ4v) is 2.73. The lowest BCUT2D eigenvalue weighted by Crippen LogP contribution is -2.21. The van der Waals surface area contributed by atoms with E-state index >= 15 is 0 Å². The van der Waals surface area contributed by atoms with Gasteiger partial charge in [-0.3, -0.25) is 4.68 Å². The number of aryl methyl sites for hydroxylation is 1. The second-order valence-electron chi connectivity index (χ2n) is 5.36. The molecule has 7 nitrogen and oxygen atoms in total. The molecule has 2 unspecified atom stereocenters. The normalized spacial score (nSPS) is 21.8. The van der Waals surface area contributed by atoms with Gasteiger partial charge in [0.2, 0.25) is 0 Å².